The van der Waals surface area contributed by atoms with Crippen molar-refractivity contribution in [2.24, 2.45) is 0 Å². The summed E-state index contributed by atoms with van der Waals surface area (Å²) in [6, 6.07) is 23.0. The lowest BCUT2D eigenvalue weighted by Crippen LogP contribution is -2.33. The second-order valence-electron chi connectivity index (χ2n) is 8.75. The van der Waals surface area contributed by atoms with Gasteiger partial charge < -0.3 is 9.80 Å². The topological polar surface area (TPSA) is 36.4 Å². The maximum absolute atomic E-state index is 13.7. The molecule has 0 atom stereocenters. The van der Waals surface area contributed by atoms with Crippen molar-refractivity contribution in [3.05, 3.63) is 83.4 Å². The highest BCUT2D eigenvalue weighted by Crippen LogP contribution is 2.33. The lowest BCUT2D eigenvalue weighted by atomic mass is 10.0. The van der Waals surface area contributed by atoms with Crippen LogP contribution in [0.2, 0.25) is 0 Å². The van der Waals surface area contributed by atoms with Crippen molar-refractivity contribution >= 4 is 33.4 Å². The van der Waals surface area contributed by atoms with Gasteiger partial charge in [-0.15, -0.1) is 0 Å². The predicted octanol–water partition coefficient (Wildman–Crippen LogP) is 5.57. The Morgan fingerprint density at radius 1 is 0.968 bits per heavy atom. The summed E-state index contributed by atoms with van der Waals surface area (Å²) in [6.45, 7) is 2.65. The zero-order chi connectivity index (χ0) is 21.5. The fraction of sp³-hybridized carbons (Fsp3) is 0.259. The molecule has 0 spiro atoms. The van der Waals surface area contributed by atoms with Crippen LogP contribution in [0.3, 0.4) is 0 Å². The summed E-state index contributed by atoms with van der Waals surface area (Å²) in [7, 11) is 4.03. The number of amides is 1. The maximum atomic E-state index is 13.7. The van der Waals surface area contributed by atoms with Gasteiger partial charge in [-0.2, -0.15) is 0 Å². The van der Waals surface area contributed by atoms with E-state index in [4.69, 9.17) is 4.98 Å². The first-order valence-electron chi connectivity index (χ1n) is 10.9. The number of carbonyl (C=O) groups is 1. The Balaban J connectivity index is 1.56. The number of pyridine rings is 1. The first-order valence-corrected chi connectivity index (χ1v) is 10.9. The van der Waals surface area contributed by atoms with Crippen LogP contribution in [0.1, 0.15) is 34.3 Å². The van der Waals surface area contributed by atoms with Crippen LogP contribution in [0, 0.1) is 6.92 Å². The van der Waals surface area contributed by atoms with Crippen LogP contribution in [0.25, 0.3) is 21.7 Å². The maximum Gasteiger partial charge on any atom is 0.255 e. The second kappa shape index (κ2) is 7.69. The molecule has 1 amide bonds. The van der Waals surface area contributed by atoms with Crippen LogP contribution >= 0.6 is 0 Å². The summed E-state index contributed by atoms with van der Waals surface area (Å²) in [5.41, 5.74) is 4.05. The molecule has 0 radical (unpaired) electrons. The zero-order valence-corrected chi connectivity index (χ0v) is 18.3. The minimum Gasteiger partial charge on any atom is -0.362 e. The van der Waals surface area contributed by atoms with Gasteiger partial charge in [-0.25, -0.2) is 4.98 Å². The van der Waals surface area contributed by atoms with Gasteiger partial charge in [-0.1, -0.05) is 48.5 Å². The lowest BCUT2D eigenvalue weighted by Gasteiger charge is -2.26. The molecule has 1 aliphatic carbocycles. The van der Waals surface area contributed by atoms with Crippen LogP contribution in [0.15, 0.2) is 66.7 Å². The third kappa shape index (κ3) is 3.74. The monoisotopic (exact) mass is 409 g/mol. The van der Waals surface area contributed by atoms with Gasteiger partial charge in [-0.05, 0) is 54.3 Å². The van der Waals surface area contributed by atoms with E-state index in [0.29, 0.717) is 12.6 Å². The number of fused-ring (bicyclic) bond motifs is 2. The number of hydrogen-bond donors (Lipinski definition) is 0. The SMILES string of the molecule is Cc1ccc2cc(CN(C(=O)c3cccc4ccccc34)C3CC3)c(N(C)C)nc2c1. The zero-order valence-electron chi connectivity index (χ0n) is 18.3. The Morgan fingerprint density at radius 3 is 2.52 bits per heavy atom. The summed E-state index contributed by atoms with van der Waals surface area (Å²) >= 11 is 0. The number of benzene rings is 3. The highest BCUT2D eigenvalue weighted by molar-refractivity contribution is 6.07. The van der Waals surface area contributed by atoms with Gasteiger partial charge in [0.15, 0.2) is 0 Å². The van der Waals surface area contributed by atoms with Crippen molar-refractivity contribution < 1.29 is 4.79 Å². The van der Waals surface area contributed by atoms with Crippen molar-refractivity contribution in [3.8, 4) is 0 Å². The van der Waals surface area contributed by atoms with E-state index in [1.54, 1.807) is 0 Å². The molecule has 4 heteroatoms. The largest absolute Gasteiger partial charge is 0.362 e. The number of rotatable bonds is 5. The fourth-order valence-electron chi connectivity index (χ4n) is 4.32. The molecule has 0 N–H and O–H groups in total. The van der Waals surface area contributed by atoms with E-state index in [2.05, 4.69) is 43.3 Å². The number of nitrogens with zero attached hydrogens (tertiary/aromatic N) is 3. The van der Waals surface area contributed by atoms with Crippen LogP contribution in [-0.2, 0) is 6.54 Å². The van der Waals surface area contributed by atoms with Gasteiger partial charge >= 0.3 is 0 Å². The first-order chi connectivity index (χ1) is 15.0. The summed E-state index contributed by atoms with van der Waals surface area (Å²) in [4.78, 5) is 22.8. The van der Waals surface area contributed by atoms with E-state index >= 15 is 0 Å². The van der Waals surface area contributed by atoms with Crippen molar-refractivity contribution in [1.82, 2.24) is 9.88 Å². The molecule has 5 rings (SSSR count). The van der Waals surface area contributed by atoms with Gasteiger partial charge in [0.1, 0.15) is 5.82 Å². The molecule has 0 aliphatic heterocycles. The van der Waals surface area contributed by atoms with E-state index in [1.807, 2.05) is 54.2 Å². The summed E-state index contributed by atoms with van der Waals surface area (Å²) in [5, 5.41) is 3.22. The summed E-state index contributed by atoms with van der Waals surface area (Å²) in [6.07, 6.45) is 2.13. The van der Waals surface area contributed by atoms with Crippen molar-refractivity contribution in [2.75, 3.05) is 19.0 Å². The van der Waals surface area contributed by atoms with E-state index in [0.717, 1.165) is 51.5 Å². The van der Waals surface area contributed by atoms with E-state index < -0.39 is 0 Å². The van der Waals surface area contributed by atoms with Gasteiger partial charge in [0, 0.05) is 43.2 Å². The molecule has 0 saturated heterocycles. The Morgan fingerprint density at radius 2 is 1.74 bits per heavy atom. The molecule has 1 saturated carbocycles. The minimum atomic E-state index is 0.105. The van der Waals surface area contributed by atoms with Crippen LogP contribution in [0.4, 0.5) is 5.82 Å². The van der Waals surface area contributed by atoms with Crippen molar-refractivity contribution in [2.45, 2.75) is 32.4 Å². The third-order valence-corrected chi connectivity index (χ3v) is 6.06. The van der Waals surface area contributed by atoms with E-state index in [9.17, 15) is 4.79 Å². The molecule has 1 fully saturated rings. The second-order valence-corrected chi connectivity index (χ2v) is 8.75. The van der Waals surface area contributed by atoms with Crippen molar-refractivity contribution in [1.29, 1.82) is 0 Å². The number of hydrogen-bond acceptors (Lipinski definition) is 3. The highest BCUT2D eigenvalue weighted by atomic mass is 16.2. The van der Waals surface area contributed by atoms with Gasteiger partial charge in [0.25, 0.3) is 5.91 Å². The first kappa shape index (κ1) is 19.6. The van der Waals surface area contributed by atoms with Crippen molar-refractivity contribution in [3.63, 3.8) is 0 Å². The summed E-state index contributed by atoms with van der Waals surface area (Å²) in [5.74, 6) is 1.03. The smallest absolute Gasteiger partial charge is 0.255 e. The molecule has 156 valence electrons. The standard InChI is InChI=1S/C27H27N3O/c1-18-11-12-20-16-21(26(29(2)3)28-25(20)15-18)17-30(22-13-14-22)27(31)24-10-6-8-19-7-4-5-9-23(19)24/h4-12,15-16,22H,13-14,17H2,1-3H3. The van der Waals surface area contributed by atoms with Gasteiger partial charge in [0.05, 0.1) is 5.52 Å². The number of anilines is 1. The van der Waals surface area contributed by atoms with Crippen LogP contribution in [0.5, 0.6) is 0 Å². The molecular weight excluding hydrogens is 382 g/mol. The molecule has 3 aromatic carbocycles. The Bertz CT molecular complexity index is 1290. The number of aromatic nitrogens is 1. The molecule has 4 aromatic rings. The number of carbonyl (C=O) groups excluding carboxylic acids is 1. The molecule has 1 aromatic heterocycles. The highest BCUT2D eigenvalue weighted by Gasteiger charge is 2.34. The molecular formula is C27H27N3O. The normalized spacial score (nSPS) is 13.5. The molecule has 31 heavy (non-hydrogen) atoms. The third-order valence-electron chi connectivity index (χ3n) is 6.06. The summed E-state index contributed by atoms with van der Waals surface area (Å²) < 4.78 is 0. The molecule has 1 aliphatic rings. The Hall–Kier alpha value is -3.40. The average molecular weight is 410 g/mol. The quantitative estimate of drug-likeness (QED) is 0.432. The Labute approximate surface area is 183 Å². The molecule has 0 unspecified atom stereocenters. The number of aryl methyl sites for hydroxylation is 1. The van der Waals surface area contributed by atoms with Crippen LogP contribution in [-0.4, -0.2) is 35.9 Å². The van der Waals surface area contributed by atoms with Gasteiger partial charge in [-0.3, -0.25) is 4.79 Å². The van der Waals surface area contributed by atoms with Crippen LogP contribution < -0.4 is 4.90 Å². The lowest BCUT2D eigenvalue weighted by molar-refractivity contribution is 0.0732. The minimum absolute atomic E-state index is 0.105. The van der Waals surface area contributed by atoms with E-state index in [1.165, 1.54) is 5.56 Å². The molecule has 1 heterocycles. The van der Waals surface area contributed by atoms with E-state index in [-0.39, 0.29) is 5.91 Å². The molecule has 0 bridgehead atoms. The van der Waals surface area contributed by atoms with Gasteiger partial charge in [0.2, 0.25) is 0 Å². The Kier molecular flexibility index (Phi) is 4.85. The predicted molar refractivity (Wildman–Crippen MR) is 128 cm³/mol. The average Bonchev–Trinajstić information content (AvgIpc) is 3.61. The molecule has 4 nitrogen and oxygen atoms in total. The fourth-order valence-corrected chi connectivity index (χ4v) is 4.32.